The van der Waals surface area contributed by atoms with Crippen molar-refractivity contribution in [1.29, 1.82) is 0 Å². The molecule has 0 aromatic carbocycles. The second-order valence-corrected chi connectivity index (χ2v) is 6.19. The molecule has 0 spiro atoms. The van der Waals surface area contributed by atoms with Crippen LogP contribution in [0.2, 0.25) is 5.15 Å². The van der Waals surface area contributed by atoms with Crippen LogP contribution in [0, 0.1) is 6.92 Å². The molecule has 92 valence electrons. The highest BCUT2D eigenvalue weighted by molar-refractivity contribution is 7.99. The molecular weight excluding hydrogens is 256 g/mol. The van der Waals surface area contributed by atoms with Crippen LogP contribution in [0.3, 0.4) is 0 Å². The van der Waals surface area contributed by atoms with Crippen LogP contribution in [0.25, 0.3) is 0 Å². The Balaban J connectivity index is 2.18. The number of aromatic nitrogens is 1. The van der Waals surface area contributed by atoms with E-state index in [1.54, 1.807) is 12.1 Å². The molecule has 0 radical (unpaired) electrons. The summed E-state index contributed by atoms with van der Waals surface area (Å²) in [5.41, 5.74) is 1.42. The number of aryl methyl sites for hydroxylation is 1. The molecule has 0 saturated carbocycles. The van der Waals surface area contributed by atoms with Gasteiger partial charge < -0.3 is 4.90 Å². The molecule has 1 amide bonds. The zero-order chi connectivity index (χ0) is 12.4. The summed E-state index contributed by atoms with van der Waals surface area (Å²) in [4.78, 5) is 18.2. The summed E-state index contributed by atoms with van der Waals surface area (Å²) in [6.45, 7) is 5.61. The minimum absolute atomic E-state index is 0.0598. The highest BCUT2D eigenvalue weighted by atomic mass is 35.5. The van der Waals surface area contributed by atoms with Crippen molar-refractivity contribution in [3.63, 3.8) is 0 Å². The quantitative estimate of drug-likeness (QED) is 0.736. The van der Waals surface area contributed by atoms with Gasteiger partial charge in [-0.25, -0.2) is 4.98 Å². The molecular formula is C12H15ClN2OS. The average Bonchev–Trinajstić information content (AvgIpc) is 2.26. The number of amides is 1. The average molecular weight is 271 g/mol. The first-order valence-corrected chi connectivity index (χ1v) is 7.04. The first kappa shape index (κ1) is 12.7. The molecule has 2 rings (SSSR count). The van der Waals surface area contributed by atoms with Crippen molar-refractivity contribution < 1.29 is 4.79 Å². The third-order valence-corrected chi connectivity index (χ3v) is 4.03. The zero-order valence-corrected chi connectivity index (χ0v) is 11.5. The van der Waals surface area contributed by atoms with Gasteiger partial charge in [-0.1, -0.05) is 18.5 Å². The number of hydrogen-bond donors (Lipinski definition) is 0. The van der Waals surface area contributed by atoms with E-state index in [4.69, 9.17) is 11.6 Å². The largest absolute Gasteiger partial charge is 0.337 e. The fourth-order valence-corrected chi connectivity index (χ4v) is 3.20. The predicted octanol–water partition coefficient (Wildman–Crippen LogP) is 2.62. The topological polar surface area (TPSA) is 33.2 Å². The van der Waals surface area contributed by atoms with Crippen molar-refractivity contribution in [2.75, 3.05) is 18.8 Å². The number of pyridine rings is 1. The molecule has 1 unspecified atom stereocenters. The van der Waals surface area contributed by atoms with E-state index >= 15 is 0 Å². The molecule has 1 saturated heterocycles. The van der Waals surface area contributed by atoms with Gasteiger partial charge in [0, 0.05) is 35.3 Å². The Bertz CT molecular complexity index is 418. The molecule has 1 atom stereocenters. The van der Waals surface area contributed by atoms with Crippen LogP contribution in [-0.2, 0) is 0 Å². The van der Waals surface area contributed by atoms with E-state index in [9.17, 15) is 4.79 Å². The second kappa shape index (κ2) is 5.27. The Morgan fingerprint density at radius 2 is 2.35 bits per heavy atom. The van der Waals surface area contributed by atoms with Crippen LogP contribution >= 0.6 is 23.4 Å². The van der Waals surface area contributed by atoms with Crippen LogP contribution in [-0.4, -0.2) is 39.9 Å². The van der Waals surface area contributed by atoms with Gasteiger partial charge in [-0.2, -0.15) is 11.8 Å². The fraction of sp³-hybridized carbons (Fsp3) is 0.500. The molecule has 0 aliphatic carbocycles. The van der Waals surface area contributed by atoms with Gasteiger partial charge in [0.1, 0.15) is 5.15 Å². The maximum Gasteiger partial charge on any atom is 0.254 e. The van der Waals surface area contributed by atoms with Gasteiger partial charge in [0.05, 0.1) is 0 Å². The molecule has 1 aliphatic heterocycles. The smallest absolute Gasteiger partial charge is 0.254 e. The van der Waals surface area contributed by atoms with E-state index in [1.165, 1.54) is 0 Å². The van der Waals surface area contributed by atoms with Crippen LogP contribution < -0.4 is 0 Å². The maximum absolute atomic E-state index is 12.3. The molecule has 1 aliphatic rings. The summed E-state index contributed by atoms with van der Waals surface area (Å²) < 4.78 is 0. The van der Waals surface area contributed by atoms with Crippen molar-refractivity contribution in [1.82, 2.24) is 9.88 Å². The standard InChI is InChI=1S/C12H15ClN2OS/c1-8-5-10(6-11(13)14-8)12(16)15-3-4-17-9(2)7-15/h5-6,9H,3-4,7H2,1-2H3. The Hall–Kier alpha value is -0.740. The summed E-state index contributed by atoms with van der Waals surface area (Å²) in [5, 5.41) is 0.888. The number of nitrogens with zero attached hydrogens (tertiary/aromatic N) is 2. The minimum atomic E-state index is 0.0598. The third-order valence-electron chi connectivity index (χ3n) is 2.70. The Labute approximate surface area is 111 Å². The maximum atomic E-state index is 12.3. The lowest BCUT2D eigenvalue weighted by Crippen LogP contribution is -2.41. The van der Waals surface area contributed by atoms with Crippen molar-refractivity contribution >= 4 is 29.3 Å². The first-order chi connectivity index (χ1) is 8.06. The predicted molar refractivity (Wildman–Crippen MR) is 71.8 cm³/mol. The van der Waals surface area contributed by atoms with Crippen LogP contribution in [0.5, 0.6) is 0 Å². The number of hydrogen-bond acceptors (Lipinski definition) is 3. The molecule has 1 aromatic heterocycles. The molecule has 17 heavy (non-hydrogen) atoms. The first-order valence-electron chi connectivity index (χ1n) is 5.61. The number of carbonyl (C=O) groups excluding carboxylic acids is 1. The molecule has 1 aromatic rings. The number of halogens is 1. The molecule has 0 N–H and O–H groups in total. The van der Waals surface area contributed by atoms with Crippen LogP contribution in [0.4, 0.5) is 0 Å². The van der Waals surface area contributed by atoms with E-state index in [0.717, 1.165) is 24.5 Å². The van der Waals surface area contributed by atoms with E-state index < -0.39 is 0 Å². The summed E-state index contributed by atoms with van der Waals surface area (Å²) in [7, 11) is 0. The van der Waals surface area contributed by atoms with Crippen LogP contribution in [0.15, 0.2) is 12.1 Å². The fourth-order valence-electron chi connectivity index (χ4n) is 1.94. The molecule has 0 bridgehead atoms. The Morgan fingerprint density at radius 3 is 3.00 bits per heavy atom. The highest BCUT2D eigenvalue weighted by Gasteiger charge is 2.22. The molecule has 3 nitrogen and oxygen atoms in total. The SMILES string of the molecule is Cc1cc(C(=O)N2CCSC(C)C2)cc(Cl)n1. The third kappa shape index (κ3) is 3.13. The Kier molecular flexibility index (Phi) is 3.94. The number of thioether (sulfide) groups is 1. The minimum Gasteiger partial charge on any atom is -0.337 e. The Morgan fingerprint density at radius 1 is 1.59 bits per heavy atom. The van der Waals surface area contributed by atoms with E-state index in [0.29, 0.717) is 16.0 Å². The van der Waals surface area contributed by atoms with Crippen molar-refractivity contribution in [2.45, 2.75) is 19.1 Å². The van der Waals surface area contributed by atoms with Gasteiger partial charge in [0.2, 0.25) is 0 Å². The highest BCUT2D eigenvalue weighted by Crippen LogP contribution is 2.20. The van der Waals surface area contributed by atoms with Crippen molar-refractivity contribution in [3.8, 4) is 0 Å². The number of carbonyl (C=O) groups is 1. The molecule has 1 fully saturated rings. The van der Waals surface area contributed by atoms with E-state index in [-0.39, 0.29) is 5.91 Å². The molecule has 5 heteroatoms. The summed E-state index contributed by atoms with van der Waals surface area (Å²) in [5.74, 6) is 1.06. The van der Waals surface area contributed by atoms with Gasteiger partial charge in [-0.15, -0.1) is 0 Å². The van der Waals surface area contributed by atoms with Gasteiger partial charge in [-0.05, 0) is 19.1 Å². The molecule has 2 heterocycles. The lowest BCUT2D eigenvalue weighted by molar-refractivity contribution is 0.0763. The van der Waals surface area contributed by atoms with Gasteiger partial charge >= 0.3 is 0 Å². The summed E-state index contributed by atoms with van der Waals surface area (Å²) in [6, 6.07) is 3.43. The lowest BCUT2D eigenvalue weighted by Gasteiger charge is -2.30. The normalized spacial score (nSPS) is 20.4. The summed E-state index contributed by atoms with van der Waals surface area (Å²) >= 11 is 7.78. The van der Waals surface area contributed by atoms with Crippen molar-refractivity contribution in [3.05, 3.63) is 28.5 Å². The van der Waals surface area contributed by atoms with E-state index in [2.05, 4.69) is 11.9 Å². The van der Waals surface area contributed by atoms with E-state index in [1.807, 2.05) is 23.6 Å². The van der Waals surface area contributed by atoms with Gasteiger partial charge in [0.15, 0.2) is 0 Å². The van der Waals surface area contributed by atoms with Gasteiger partial charge in [-0.3, -0.25) is 4.79 Å². The lowest BCUT2D eigenvalue weighted by atomic mass is 10.2. The van der Waals surface area contributed by atoms with Crippen LogP contribution in [0.1, 0.15) is 23.0 Å². The van der Waals surface area contributed by atoms with Gasteiger partial charge in [0.25, 0.3) is 5.91 Å². The monoisotopic (exact) mass is 270 g/mol. The van der Waals surface area contributed by atoms with Crippen molar-refractivity contribution in [2.24, 2.45) is 0 Å². The zero-order valence-electron chi connectivity index (χ0n) is 9.94. The summed E-state index contributed by atoms with van der Waals surface area (Å²) in [6.07, 6.45) is 0. The number of rotatable bonds is 1. The second-order valence-electron chi connectivity index (χ2n) is 4.25.